The van der Waals surface area contributed by atoms with Gasteiger partial charge in [-0.25, -0.2) is 0 Å². The lowest BCUT2D eigenvalue weighted by atomic mass is 10.1. The minimum Gasteiger partial charge on any atom is -0.491 e. The number of nitrogens with zero attached hydrogens (tertiary/aromatic N) is 5. The zero-order chi connectivity index (χ0) is 25.5. The Morgan fingerprint density at radius 2 is 1.84 bits per heavy atom. The summed E-state index contributed by atoms with van der Waals surface area (Å²) in [7, 11) is 0. The highest BCUT2D eigenvalue weighted by atomic mass is 32.1. The third-order valence-corrected chi connectivity index (χ3v) is 7.82. The smallest absolute Gasteiger partial charge is 0.177 e. The van der Waals surface area contributed by atoms with E-state index in [1.165, 1.54) is 18.9 Å². The number of halogens is 1. The molecule has 1 aliphatic rings. The predicted octanol–water partition coefficient (Wildman–Crippen LogP) is 5.91. The highest BCUT2D eigenvalue weighted by molar-refractivity contribution is 7.13. The van der Waals surface area contributed by atoms with E-state index in [1.807, 2.05) is 24.3 Å². The van der Waals surface area contributed by atoms with Gasteiger partial charge in [0.05, 0.1) is 39.9 Å². The van der Waals surface area contributed by atoms with Gasteiger partial charge in [0.25, 0.3) is 0 Å². The molecule has 0 atom stereocenters. The van der Waals surface area contributed by atoms with E-state index in [0.717, 1.165) is 91.7 Å². The summed E-state index contributed by atoms with van der Waals surface area (Å²) in [6, 6.07) is 11.1. The molecule has 0 amide bonds. The lowest BCUT2D eigenvalue weighted by molar-refractivity contribution is 0.237. The van der Waals surface area contributed by atoms with Crippen LogP contribution in [0.4, 0.5) is 4.39 Å². The zero-order valence-electron chi connectivity index (χ0n) is 20.4. The third-order valence-electron chi connectivity index (χ3n) is 6.94. The Hall–Kier alpha value is -4.15. The summed E-state index contributed by atoms with van der Waals surface area (Å²) in [6.07, 6.45) is 9.59. The van der Waals surface area contributed by atoms with E-state index in [-0.39, 0.29) is 5.13 Å². The Labute approximate surface area is 221 Å². The second-order valence-corrected chi connectivity index (χ2v) is 10.4. The second-order valence-electron chi connectivity index (χ2n) is 9.40. The molecule has 0 unspecified atom stereocenters. The molecule has 10 heteroatoms. The Morgan fingerprint density at radius 1 is 0.947 bits per heavy atom. The van der Waals surface area contributed by atoms with Crippen molar-refractivity contribution in [1.29, 1.82) is 0 Å². The molecule has 38 heavy (non-hydrogen) atoms. The molecular weight excluding hydrogens is 501 g/mol. The first kappa shape index (κ1) is 23.0. The van der Waals surface area contributed by atoms with Crippen molar-refractivity contribution in [1.82, 2.24) is 35.0 Å². The average Bonchev–Trinajstić information content (AvgIpc) is 3.74. The minimum atomic E-state index is -0.233. The van der Waals surface area contributed by atoms with Crippen LogP contribution in [0.25, 0.3) is 55.0 Å². The van der Waals surface area contributed by atoms with Crippen molar-refractivity contribution in [2.75, 3.05) is 26.2 Å². The Balaban J connectivity index is 1.20. The van der Waals surface area contributed by atoms with E-state index in [9.17, 15) is 4.39 Å². The van der Waals surface area contributed by atoms with Crippen molar-refractivity contribution in [3.63, 3.8) is 0 Å². The molecule has 1 aliphatic heterocycles. The molecule has 6 aromatic rings. The highest BCUT2D eigenvalue weighted by Gasteiger charge is 2.17. The van der Waals surface area contributed by atoms with Crippen LogP contribution >= 0.6 is 11.3 Å². The van der Waals surface area contributed by atoms with Crippen molar-refractivity contribution in [2.45, 2.75) is 12.8 Å². The van der Waals surface area contributed by atoms with Gasteiger partial charge in [-0.15, -0.1) is 11.3 Å². The molecule has 7 rings (SSSR count). The molecule has 6 aromatic heterocycles. The van der Waals surface area contributed by atoms with Crippen LogP contribution in [0.1, 0.15) is 12.8 Å². The van der Waals surface area contributed by atoms with Crippen LogP contribution in [0.2, 0.25) is 0 Å². The Bertz CT molecular complexity index is 1750. The number of thiophene rings is 1. The number of hydrogen-bond donors (Lipinski definition) is 2. The van der Waals surface area contributed by atoms with E-state index in [4.69, 9.17) is 4.74 Å². The minimum absolute atomic E-state index is 0.233. The van der Waals surface area contributed by atoms with Crippen molar-refractivity contribution < 1.29 is 9.13 Å². The van der Waals surface area contributed by atoms with Gasteiger partial charge < -0.3 is 9.72 Å². The predicted molar refractivity (Wildman–Crippen MR) is 147 cm³/mol. The van der Waals surface area contributed by atoms with Gasteiger partial charge in [-0.1, -0.05) is 0 Å². The fourth-order valence-electron chi connectivity index (χ4n) is 5.04. The van der Waals surface area contributed by atoms with Gasteiger partial charge in [-0.05, 0) is 62.3 Å². The number of rotatable bonds is 7. The molecule has 0 spiro atoms. The molecule has 190 valence electrons. The number of hydrogen-bond acceptors (Lipinski definition) is 7. The van der Waals surface area contributed by atoms with Crippen LogP contribution in [0.5, 0.6) is 5.75 Å². The SMILES string of the molecule is Fc1ccc(-c2nccc3[nH]c(-c4n[nH]c5cnc(-c6cncc(OCCN7CCCC7)c6)cc45)cc23)s1. The Kier molecular flexibility index (Phi) is 5.82. The van der Waals surface area contributed by atoms with E-state index in [1.54, 1.807) is 30.9 Å². The van der Waals surface area contributed by atoms with Crippen LogP contribution in [0.15, 0.2) is 61.2 Å². The van der Waals surface area contributed by atoms with Gasteiger partial charge in [0.15, 0.2) is 5.13 Å². The van der Waals surface area contributed by atoms with E-state index < -0.39 is 0 Å². The van der Waals surface area contributed by atoms with Gasteiger partial charge in [0.2, 0.25) is 0 Å². The van der Waals surface area contributed by atoms with E-state index >= 15 is 0 Å². The quantitative estimate of drug-likeness (QED) is 0.269. The summed E-state index contributed by atoms with van der Waals surface area (Å²) in [5, 5.41) is 9.27. The average molecular weight is 526 g/mol. The van der Waals surface area contributed by atoms with Gasteiger partial charge in [-0.2, -0.15) is 9.49 Å². The summed E-state index contributed by atoms with van der Waals surface area (Å²) in [5.74, 6) is 0.733. The topological polar surface area (TPSA) is 95.6 Å². The lowest BCUT2D eigenvalue weighted by Gasteiger charge is -2.15. The largest absolute Gasteiger partial charge is 0.491 e. The summed E-state index contributed by atoms with van der Waals surface area (Å²) < 4.78 is 19.7. The maximum Gasteiger partial charge on any atom is 0.177 e. The molecule has 2 N–H and O–H groups in total. The van der Waals surface area contributed by atoms with Gasteiger partial charge in [0.1, 0.15) is 18.1 Å². The second kappa shape index (κ2) is 9.62. The molecule has 7 heterocycles. The fourth-order valence-corrected chi connectivity index (χ4v) is 5.78. The summed E-state index contributed by atoms with van der Waals surface area (Å²) in [6.45, 7) is 3.87. The zero-order valence-corrected chi connectivity index (χ0v) is 21.3. The number of H-pyrrole nitrogens is 2. The van der Waals surface area contributed by atoms with Crippen molar-refractivity contribution in [2.24, 2.45) is 0 Å². The molecule has 0 radical (unpaired) electrons. The molecule has 0 saturated carbocycles. The number of nitrogens with one attached hydrogen (secondary N) is 2. The van der Waals surface area contributed by atoms with Crippen LogP contribution in [0.3, 0.4) is 0 Å². The van der Waals surface area contributed by atoms with Crippen molar-refractivity contribution in [3.05, 3.63) is 66.3 Å². The van der Waals surface area contributed by atoms with E-state index in [2.05, 4.69) is 35.0 Å². The van der Waals surface area contributed by atoms with Crippen LogP contribution in [-0.4, -0.2) is 61.3 Å². The highest BCUT2D eigenvalue weighted by Crippen LogP contribution is 2.35. The standard InChI is InChI=1S/C28H24FN7OS/c29-26-4-3-25(38-26)28-19-13-23(33-21(19)5-6-31-28)27-20-12-22(32-16-24(20)34-35-27)17-11-18(15-30-14-17)37-10-9-36-7-1-2-8-36/h3-6,11-16,33H,1-2,7-10H2,(H,34,35). The number of fused-ring (bicyclic) bond motifs is 2. The van der Waals surface area contributed by atoms with Crippen molar-refractivity contribution in [3.8, 4) is 39.0 Å². The lowest BCUT2D eigenvalue weighted by Crippen LogP contribution is -2.25. The van der Waals surface area contributed by atoms with Crippen LogP contribution in [-0.2, 0) is 0 Å². The Morgan fingerprint density at radius 3 is 2.71 bits per heavy atom. The number of aromatic nitrogens is 6. The number of likely N-dealkylation sites (tertiary alicyclic amines) is 1. The monoisotopic (exact) mass is 525 g/mol. The third kappa shape index (κ3) is 4.31. The number of pyridine rings is 3. The normalized spacial score (nSPS) is 14.1. The van der Waals surface area contributed by atoms with Gasteiger partial charge >= 0.3 is 0 Å². The molecule has 1 fully saturated rings. The number of aromatic amines is 2. The van der Waals surface area contributed by atoms with Gasteiger partial charge in [0, 0.05) is 40.8 Å². The van der Waals surface area contributed by atoms with Crippen LogP contribution < -0.4 is 4.74 Å². The van der Waals surface area contributed by atoms with Crippen molar-refractivity contribution >= 4 is 33.1 Å². The summed E-state index contributed by atoms with van der Waals surface area (Å²) in [4.78, 5) is 20.2. The van der Waals surface area contributed by atoms with Gasteiger partial charge in [-0.3, -0.25) is 25.0 Å². The summed E-state index contributed by atoms with van der Waals surface area (Å²) >= 11 is 1.09. The first-order valence-corrected chi connectivity index (χ1v) is 13.4. The van der Waals surface area contributed by atoms with E-state index in [0.29, 0.717) is 6.61 Å². The molecule has 0 bridgehead atoms. The molecular formula is C28H24FN7OS. The molecule has 8 nitrogen and oxygen atoms in total. The molecule has 0 aromatic carbocycles. The molecule has 0 aliphatic carbocycles. The number of ether oxygens (including phenoxy) is 1. The first-order chi connectivity index (χ1) is 18.7. The molecule has 1 saturated heterocycles. The fraction of sp³-hybridized carbons (Fsp3) is 0.214. The summed E-state index contributed by atoms with van der Waals surface area (Å²) in [5.41, 5.74) is 5.75. The maximum atomic E-state index is 13.7. The first-order valence-electron chi connectivity index (χ1n) is 12.6. The van der Waals surface area contributed by atoms with Crippen LogP contribution in [0, 0.1) is 5.13 Å². The maximum absolute atomic E-state index is 13.7.